The number of hydrogen-bond acceptors (Lipinski definition) is 3. The van der Waals surface area contributed by atoms with E-state index in [1.165, 1.54) is 10.6 Å². The van der Waals surface area contributed by atoms with Crippen LogP contribution in [0.5, 0.6) is 0 Å². The Hall–Kier alpha value is -2.69. The van der Waals surface area contributed by atoms with Crippen molar-refractivity contribution in [3.05, 3.63) is 70.3 Å². The first kappa shape index (κ1) is 14.3. The molecular weight excluding hydrogens is 281 g/mol. The zero-order chi connectivity index (χ0) is 15.5. The highest BCUT2D eigenvalue weighted by molar-refractivity contribution is 5.78. The number of benzene rings is 2. The maximum absolute atomic E-state index is 13.6. The van der Waals surface area contributed by atoms with E-state index in [-0.39, 0.29) is 11.4 Å². The molecule has 0 fully saturated rings. The van der Waals surface area contributed by atoms with Crippen molar-refractivity contribution >= 4 is 16.9 Å². The van der Waals surface area contributed by atoms with E-state index in [2.05, 4.69) is 10.3 Å². The molecule has 0 unspecified atom stereocenters. The van der Waals surface area contributed by atoms with Crippen LogP contribution in [0.4, 0.5) is 10.3 Å². The van der Waals surface area contributed by atoms with E-state index in [1.54, 1.807) is 31.3 Å². The van der Waals surface area contributed by atoms with Gasteiger partial charge in [-0.25, -0.2) is 9.37 Å². The lowest BCUT2D eigenvalue weighted by atomic mass is 10.1. The molecule has 0 aliphatic carbocycles. The number of rotatable bonds is 4. The first-order chi connectivity index (χ1) is 10.7. The van der Waals surface area contributed by atoms with Crippen molar-refractivity contribution < 1.29 is 4.39 Å². The van der Waals surface area contributed by atoms with Crippen molar-refractivity contribution in [2.75, 3.05) is 11.9 Å². The lowest BCUT2D eigenvalue weighted by Crippen LogP contribution is -2.23. The Kier molecular flexibility index (Phi) is 3.87. The number of aromatic nitrogens is 2. The van der Waals surface area contributed by atoms with E-state index in [9.17, 15) is 9.18 Å². The van der Waals surface area contributed by atoms with Gasteiger partial charge in [0.1, 0.15) is 5.82 Å². The van der Waals surface area contributed by atoms with Gasteiger partial charge in [0.05, 0.1) is 10.9 Å². The van der Waals surface area contributed by atoms with Gasteiger partial charge in [-0.2, -0.15) is 0 Å². The minimum atomic E-state index is -0.218. The molecule has 22 heavy (non-hydrogen) atoms. The number of anilines is 1. The van der Waals surface area contributed by atoms with E-state index in [0.717, 1.165) is 0 Å². The molecule has 0 amide bonds. The van der Waals surface area contributed by atoms with Crippen molar-refractivity contribution in [2.45, 2.75) is 6.42 Å². The van der Waals surface area contributed by atoms with Crippen LogP contribution < -0.4 is 10.9 Å². The normalized spacial score (nSPS) is 10.8. The molecule has 4 nitrogen and oxygen atoms in total. The second kappa shape index (κ2) is 5.97. The van der Waals surface area contributed by atoms with Crippen LogP contribution in [0.3, 0.4) is 0 Å². The molecule has 2 aromatic carbocycles. The molecule has 0 bridgehead atoms. The van der Waals surface area contributed by atoms with Crippen LogP contribution in [-0.2, 0) is 13.5 Å². The molecule has 0 aliphatic heterocycles. The SMILES string of the molecule is Cn1c(NCCc2ccccc2F)nc2ccccc2c1=O. The Balaban J connectivity index is 1.81. The summed E-state index contributed by atoms with van der Waals surface area (Å²) in [6, 6.07) is 13.9. The van der Waals surface area contributed by atoms with Gasteiger partial charge in [0.15, 0.2) is 0 Å². The Labute approximate surface area is 127 Å². The molecule has 0 atom stereocenters. The quantitative estimate of drug-likeness (QED) is 0.805. The number of fused-ring (bicyclic) bond motifs is 1. The Morgan fingerprint density at radius 3 is 2.68 bits per heavy atom. The van der Waals surface area contributed by atoms with Gasteiger partial charge in [-0.1, -0.05) is 30.3 Å². The zero-order valence-electron chi connectivity index (χ0n) is 12.2. The third kappa shape index (κ3) is 2.70. The third-order valence-corrected chi connectivity index (χ3v) is 3.62. The smallest absolute Gasteiger partial charge is 0.262 e. The predicted molar refractivity (Wildman–Crippen MR) is 85.6 cm³/mol. The second-order valence-corrected chi connectivity index (χ2v) is 5.08. The molecule has 0 aliphatic rings. The Morgan fingerprint density at radius 1 is 1.14 bits per heavy atom. The topological polar surface area (TPSA) is 46.9 Å². The van der Waals surface area contributed by atoms with Crippen LogP contribution in [0.2, 0.25) is 0 Å². The largest absolute Gasteiger partial charge is 0.355 e. The number of nitrogens with zero attached hydrogens (tertiary/aromatic N) is 2. The average Bonchev–Trinajstić information content (AvgIpc) is 2.54. The summed E-state index contributed by atoms with van der Waals surface area (Å²) in [4.78, 5) is 16.7. The predicted octanol–water partition coefficient (Wildman–Crippen LogP) is 2.73. The van der Waals surface area contributed by atoms with Gasteiger partial charge < -0.3 is 5.32 Å². The highest BCUT2D eigenvalue weighted by atomic mass is 19.1. The van der Waals surface area contributed by atoms with Gasteiger partial charge >= 0.3 is 0 Å². The van der Waals surface area contributed by atoms with Gasteiger partial charge in [0.25, 0.3) is 5.56 Å². The molecular formula is C17H16FN3O. The van der Waals surface area contributed by atoms with Gasteiger partial charge in [-0.3, -0.25) is 9.36 Å². The van der Waals surface area contributed by atoms with Gasteiger partial charge in [0.2, 0.25) is 5.95 Å². The fraction of sp³-hybridized carbons (Fsp3) is 0.176. The maximum atomic E-state index is 13.6. The molecule has 1 aromatic heterocycles. The van der Waals surface area contributed by atoms with E-state index in [1.807, 2.05) is 18.2 Å². The molecule has 0 saturated carbocycles. The van der Waals surface area contributed by atoms with Crippen molar-refractivity contribution in [2.24, 2.45) is 7.05 Å². The molecule has 0 saturated heterocycles. The van der Waals surface area contributed by atoms with E-state index in [0.29, 0.717) is 35.4 Å². The summed E-state index contributed by atoms with van der Waals surface area (Å²) in [5.41, 5.74) is 1.19. The van der Waals surface area contributed by atoms with Crippen molar-refractivity contribution in [3.8, 4) is 0 Å². The van der Waals surface area contributed by atoms with Crippen LogP contribution in [0.1, 0.15) is 5.56 Å². The zero-order valence-corrected chi connectivity index (χ0v) is 12.2. The number of nitrogens with one attached hydrogen (secondary N) is 1. The van der Waals surface area contributed by atoms with Crippen molar-refractivity contribution in [1.29, 1.82) is 0 Å². The fourth-order valence-electron chi connectivity index (χ4n) is 2.39. The Bertz CT molecular complexity index is 873. The van der Waals surface area contributed by atoms with Crippen LogP contribution >= 0.6 is 0 Å². The molecule has 3 aromatic rings. The monoisotopic (exact) mass is 297 g/mol. The van der Waals surface area contributed by atoms with E-state index in [4.69, 9.17) is 0 Å². The van der Waals surface area contributed by atoms with Crippen molar-refractivity contribution in [3.63, 3.8) is 0 Å². The summed E-state index contributed by atoms with van der Waals surface area (Å²) < 4.78 is 15.0. The van der Waals surface area contributed by atoms with Crippen LogP contribution in [0.15, 0.2) is 53.3 Å². The molecule has 0 spiro atoms. The fourth-order valence-corrected chi connectivity index (χ4v) is 2.39. The average molecular weight is 297 g/mol. The standard InChI is InChI=1S/C17H16FN3O/c1-21-16(22)13-7-3-5-9-15(13)20-17(21)19-11-10-12-6-2-4-8-14(12)18/h2-9H,10-11H2,1H3,(H,19,20). The number of para-hydroxylation sites is 1. The summed E-state index contributed by atoms with van der Waals surface area (Å²) in [6.45, 7) is 0.500. The van der Waals surface area contributed by atoms with Crippen LogP contribution in [-0.4, -0.2) is 16.1 Å². The van der Waals surface area contributed by atoms with Gasteiger partial charge in [-0.15, -0.1) is 0 Å². The molecule has 1 N–H and O–H groups in total. The van der Waals surface area contributed by atoms with Gasteiger partial charge in [-0.05, 0) is 30.2 Å². The lowest BCUT2D eigenvalue weighted by Gasteiger charge is -2.11. The van der Waals surface area contributed by atoms with Gasteiger partial charge in [0, 0.05) is 13.6 Å². The summed E-state index contributed by atoms with van der Waals surface area (Å²) >= 11 is 0. The van der Waals surface area contributed by atoms with E-state index < -0.39 is 0 Å². The first-order valence-corrected chi connectivity index (χ1v) is 7.10. The highest BCUT2D eigenvalue weighted by Gasteiger charge is 2.07. The third-order valence-electron chi connectivity index (χ3n) is 3.62. The maximum Gasteiger partial charge on any atom is 0.262 e. The first-order valence-electron chi connectivity index (χ1n) is 7.10. The van der Waals surface area contributed by atoms with E-state index >= 15 is 0 Å². The summed E-state index contributed by atoms with van der Waals surface area (Å²) in [7, 11) is 1.67. The van der Waals surface area contributed by atoms with Crippen LogP contribution in [0.25, 0.3) is 10.9 Å². The minimum absolute atomic E-state index is 0.0982. The summed E-state index contributed by atoms with van der Waals surface area (Å²) in [5, 5.41) is 3.69. The van der Waals surface area contributed by atoms with Crippen molar-refractivity contribution in [1.82, 2.24) is 9.55 Å². The van der Waals surface area contributed by atoms with Crippen LogP contribution in [0, 0.1) is 5.82 Å². The lowest BCUT2D eigenvalue weighted by molar-refractivity contribution is 0.610. The highest BCUT2D eigenvalue weighted by Crippen LogP contribution is 2.11. The molecule has 3 rings (SSSR count). The second-order valence-electron chi connectivity index (χ2n) is 5.08. The summed E-state index contributed by atoms with van der Waals surface area (Å²) in [6.07, 6.45) is 0.523. The minimum Gasteiger partial charge on any atom is -0.355 e. The molecule has 0 radical (unpaired) electrons. The number of halogens is 1. The Morgan fingerprint density at radius 2 is 1.86 bits per heavy atom. The molecule has 112 valence electrons. The number of hydrogen-bond donors (Lipinski definition) is 1. The molecule has 5 heteroatoms. The molecule has 1 heterocycles. The summed E-state index contributed by atoms with van der Waals surface area (Å²) in [5.74, 6) is 0.268.